The van der Waals surface area contributed by atoms with Crippen molar-refractivity contribution in [2.75, 3.05) is 6.54 Å². The van der Waals surface area contributed by atoms with Gasteiger partial charge >= 0.3 is 0 Å². The molecule has 0 heterocycles. The minimum Gasteiger partial charge on any atom is -0.387 e. The maximum absolute atomic E-state index is 12.5. The molecule has 0 aliphatic heterocycles. The van der Waals surface area contributed by atoms with Crippen LogP contribution in [0.15, 0.2) is 59.5 Å². The molecule has 29 heavy (non-hydrogen) atoms. The number of nitrogens with one attached hydrogen (secondary N) is 2. The topological polar surface area (TPSA) is 139 Å². The standard InChI is InChI=1S/C19H23N3O6S/c1-13(2)18(21-29(27,28)16-6-4-3-5-7-16)19(24)20-12-17(23)14-8-10-15(11-9-14)22(25)26/h3-11,13,17-18,21,23H,12H2,1-2H3,(H,20,24)/t17-,18-/m0/s1. The van der Waals surface area contributed by atoms with Crippen LogP contribution in [-0.2, 0) is 14.8 Å². The zero-order valence-electron chi connectivity index (χ0n) is 16.0. The average molecular weight is 421 g/mol. The van der Waals surface area contributed by atoms with Crippen LogP contribution in [0.2, 0.25) is 0 Å². The van der Waals surface area contributed by atoms with E-state index in [2.05, 4.69) is 10.0 Å². The van der Waals surface area contributed by atoms with Crippen LogP contribution in [0.25, 0.3) is 0 Å². The fourth-order valence-corrected chi connectivity index (χ4v) is 3.94. The number of sulfonamides is 1. The average Bonchev–Trinajstić information content (AvgIpc) is 2.70. The minimum atomic E-state index is -3.89. The molecule has 3 N–H and O–H groups in total. The van der Waals surface area contributed by atoms with E-state index in [1.807, 2.05) is 0 Å². The summed E-state index contributed by atoms with van der Waals surface area (Å²) in [5, 5.41) is 23.4. The van der Waals surface area contributed by atoms with E-state index >= 15 is 0 Å². The summed E-state index contributed by atoms with van der Waals surface area (Å²) >= 11 is 0. The Morgan fingerprint density at radius 3 is 2.21 bits per heavy atom. The highest BCUT2D eigenvalue weighted by molar-refractivity contribution is 7.89. The monoisotopic (exact) mass is 421 g/mol. The third kappa shape index (κ3) is 6.08. The largest absolute Gasteiger partial charge is 0.387 e. The van der Waals surface area contributed by atoms with Gasteiger partial charge in [-0.15, -0.1) is 0 Å². The summed E-state index contributed by atoms with van der Waals surface area (Å²) in [7, 11) is -3.89. The molecular formula is C19H23N3O6S. The lowest BCUT2D eigenvalue weighted by atomic mass is 10.0. The summed E-state index contributed by atoms with van der Waals surface area (Å²) in [6.45, 7) is 3.22. The predicted molar refractivity (Wildman–Crippen MR) is 106 cm³/mol. The van der Waals surface area contributed by atoms with Crippen LogP contribution in [0, 0.1) is 16.0 Å². The van der Waals surface area contributed by atoms with Crippen LogP contribution in [0.4, 0.5) is 5.69 Å². The second-order valence-corrected chi connectivity index (χ2v) is 8.48. The van der Waals surface area contributed by atoms with Crippen molar-refractivity contribution in [3.05, 3.63) is 70.3 Å². The van der Waals surface area contributed by atoms with Gasteiger partial charge in [-0.25, -0.2) is 8.42 Å². The first-order valence-electron chi connectivity index (χ1n) is 8.89. The highest BCUT2D eigenvalue weighted by atomic mass is 32.2. The van der Waals surface area contributed by atoms with Crippen LogP contribution in [-0.4, -0.2) is 36.9 Å². The Morgan fingerprint density at radius 2 is 1.69 bits per heavy atom. The van der Waals surface area contributed by atoms with E-state index in [0.717, 1.165) is 0 Å². The van der Waals surface area contributed by atoms with E-state index in [0.29, 0.717) is 5.56 Å². The molecule has 2 aromatic carbocycles. The number of rotatable bonds is 9. The van der Waals surface area contributed by atoms with Gasteiger partial charge in [0.15, 0.2) is 0 Å². The molecule has 156 valence electrons. The van der Waals surface area contributed by atoms with Crippen LogP contribution in [0.1, 0.15) is 25.5 Å². The van der Waals surface area contributed by atoms with Gasteiger partial charge in [-0.3, -0.25) is 14.9 Å². The zero-order chi connectivity index (χ0) is 21.6. The highest BCUT2D eigenvalue weighted by Gasteiger charge is 2.28. The molecule has 0 saturated carbocycles. The number of amides is 1. The van der Waals surface area contributed by atoms with Crippen molar-refractivity contribution >= 4 is 21.6 Å². The maximum Gasteiger partial charge on any atom is 0.269 e. The molecule has 1 amide bonds. The van der Waals surface area contributed by atoms with Crippen molar-refractivity contribution in [3.8, 4) is 0 Å². The van der Waals surface area contributed by atoms with Crippen molar-refractivity contribution in [1.29, 1.82) is 0 Å². The first-order chi connectivity index (χ1) is 13.6. The fraction of sp³-hybridized carbons (Fsp3) is 0.316. The minimum absolute atomic E-state index is 0.0457. The van der Waals surface area contributed by atoms with Gasteiger partial charge in [-0.05, 0) is 35.7 Å². The SMILES string of the molecule is CC(C)[C@H](NS(=O)(=O)c1ccccc1)C(=O)NC[C@H](O)c1ccc([N+](=O)[O-])cc1. The summed E-state index contributed by atoms with van der Waals surface area (Å²) in [5.41, 5.74) is 0.280. The smallest absolute Gasteiger partial charge is 0.269 e. The van der Waals surface area contributed by atoms with Gasteiger partial charge in [0, 0.05) is 18.7 Å². The first-order valence-corrected chi connectivity index (χ1v) is 10.4. The zero-order valence-corrected chi connectivity index (χ0v) is 16.8. The van der Waals surface area contributed by atoms with E-state index < -0.39 is 33.0 Å². The van der Waals surface area contributed by atoms with Crippen LogP contribution in [0.5, 0.6) is 0 Å². The quantitative estimate of drug-likeness (QED) is 0.416. The summed E-state index contributed by atoms with van der Waals surface area (Å²) in [4.78, 5) is 22.7. The van der Waals surface area contributed by atoms with Gasteiger partial charge in [0.25, 0.3) is 5.69 Å². The van der Waals surface area contributed by atoms with Crippen molar-refractivity contribution < 1.29 is 23.2 Å². The Labute approximate surface area is 169 Å². The number of hydrogen-bond donors (Lipinski definition) is 3. The third-order valence-corrected chi connectivity index (χ3v) is 5.70. The Morgan fingerprint density at radius 1 is 1.10 bits per heavy atom. The first kappa shape index (κ1) is 22.5. The van der Waals surface area contributed by atoms with Gasteiger partial charge < -0.3 is 10.4 Å². The molecule has 2 rings (SSSR count). The number of aliphatic hydroxyl groups is 1. The van der Waals surface area contributed by atoms with Gasteiger partial charge in [-0.2, -0.15) is 4.72 Å². The molecule has 0 saturated heterocycles. The Hall–Kier alpha value is -2.82. The number of nitro groups is 1. The lowest BCUT2D eigenvalue weighted by molar-refractivity contribution is -0.384. The molecule has 0 radical (unpaired) electrons. The number of carbonyl (C=O) groups excluding carboxylic acids is 1. The molecule has 0 bridgehead atoms. The molecule has 0 aliphatic carbocycles. The molecular weight excluding hydrogens is 398 g/mol. The summed E-state index contributed by atoms with van der Waals surface area (Å²) in [5.74, 6) is -0.925. The number of hydrogen-bond acceptors (Lipinski definition) is 6. The summed E-state index contributed by atoms with van der Waals surface area (Å²) in [6.07, 6.45) is -1.10. The number of aliphatic hydroxyl groups excluding tert-OH is 1. The molecule has 0 spiro atoms. The predicted octanol–water partition coefficient (Wildman–Crippen LogP) is 1.75. The molecule has 0 aromatic heterocycles. The number of benzene rings is 2. The van der Waals surface area contributed by atoms with Crippen LogP contribution < -0.4 is 10.0 Å². The van der Waals surface area contributed by atoms with Gasteiger partial charge in [0.1, 0.15) is 6.04 Å². The van der Waals surface area contributed by atoms with Crippen molar-refractivity contribution in [2.24, 2.45) is 5.92 Å². The molecule has 2 aromatic rings. The maximum atomic E-state index is 12.5. The van der Waals surface area contributed by atoms with Gasteiger partial charge in [0.05, 0.1) is 15.9 Å². The van der Waals surface area contributed by atoms with E-state index in [9.17, 15) is 28.4 Å². The second kappa shape index (κ2) is 9.59. The van der Waals surface area contributed by atoms with E-state index in [1.165, 1.54) is 36.4 Å². The summed E-state index contributed by atoms with van der Waals surface area (Å²) < 4.78 is 27.4. The number of non-ortho nitro benzene ring substituents is 1. The molecule has 9 nitrogen and oxygen atoms in total. The normalized spacial score (nSPS) is 13.7. The van der Waals surface area contributed by atoms with E-state index in [4.69, 9.17) is 0 Å². The van der Waals surface area contributed by atoms with Crippen molar-refractivity contribution in [1.82, 2.24) is 10.0 Å². The fourth-order valence-electron chi connectivity index (χ4n) is 2.57. The van der Waals surface area contributed by atoms with Crippen LogP contribution in [0.3, 0.4) is 0 Å². The van der Waals surface area contributed by atoms with E-state index in [-0.39, 0.29) is 23.0 Å². The van der Waals surface area contributed by atoms with Crippen molar-refractivity contribution in [3.63, 3.8) is 0 Å². The Kier molecular flexibility index (Phi) is 7.43. The molecule has 0 aliphatic rings. The molecule has 0 unspecified atom stereocenters. The number of nitro benzene ring substituents is 1. The van der Waals surface area contributed by atoms with Gasteiger partial charge in [0.2, 0.25) is 15.9 Å². The lowest BCUT2D eigenvalue weighted by Crippen LogP contribution is -2.50. The van der Waals surface area contributed by atoms with Crippen LogP contribution >= 0.6 is 0 Å². The van der Waals surface area contributed by atoms with Gasteiger partial charge in [-0.1, -0.05) is 32.0 Å². The number of carbonyl (C=O) groups is 1. The lowest BCUT2D eigenvalue weighted by Gasteiger charge is -2.22. The Balaban J connectivity index is 2.03. The Bertz CT molecular complexity index is 946. The van der Waals surface area contributed by atoms with E-state index in [1.54, 1.807) is 32.0 Å². The molecule has 2 atom stereocenters. The second-order valence-electron chi connectivity index (χ2n) is 6.77. The highest BCUT2D eigenvalue weighted by Crippen LogP contribution is 2.17. The molecule has 10 heteroatoms. The third-order valence-electron chi connectivity index (χ3n) is 4.24. The molecule has 0 fully saturated rings. The van der Waals surface area contributed by atoms with Crippen molar-refractivity contribution in [2.45, 2.75) is 30.9 Å². The summed E-state index contributed by atoms with van der Waals surface area (Å²) in [6, 6.07) is 12.0. The number of nitrogens with zero attached hydrogens (tertiary/aromatic N) is 1.